The van der Waals surface area contributed by atoms with Gasteiger partial charge in [-0.2, -0.15) is 4.31 Å². The van der Waals surface area contributed by atoms with Crippen LogP contribution in [0.15, 0.2) is 47.4 Å². The summed E-state index contributed by atoms with van der Waals surface area (Å²) in [6, 6.07) is 10.3. The number of carbonyl (C=O) groups is 2. The summed E-state index contributed by atoms with van der Waals surface area (Å²) in [5.41, 5.74) is 7.96. The Morgan fingerprint density at radius 3 is 2.52 bits per heavy atom. The highest BCUT2D eigenvalue weighted by atomic mass is 35.5. The second-order valence-electron chi connectivity index (χ2n) is 8.73. The van der Waals surface area contributed by atoms with Gasteiger partial charge in [-0.25, -0.2) is 8.42 Å². The average molecular weight is 490 g/mol. The van der Waals surface area contributed by atoms with Gasteiger partial charge in [0.15, 0.2) is 0 Å². The van der Waals surface area contributed by atoms with Gasteiger partial charge >= 0.3 is 0 Å². The van der Waals surface area contributed by atoms with Crippen LogP contribution in [0, 0.1) is 5.92 Å². The molecule has 1 aliphatic carbocycles. The smallest absolute Gasteiger partial charge is 0.254 e. The Labute approximate surface area is 199 Å². The van der Waals surface area contributed by atoms with E-state index in [4.69, 9.17) is 17.3 Å². The third-order valence-electron chi connectivity index (χ3n) is 6.41. The standard InChI is InChI=1S/C24H28ClN3O4S/c1-2-27-12-11-18-13-17(5-10-21(18)24(27)30)15-28(22(23(26)29)14-16-3-4-16)33(31,32)20-8-6-19(25)7-9-20/h5-10,13,16,22H,2-4,11-12,14-15H2,1H3,(H2,26,29)/t22-/m1/s1. The lowest BCUT2D eigenvalue weighted by Crippen LogP contribution is -2.47. The number of benzene rings is 2. The molecule has 1 fully saturated rings. The Morgan fingerprint density at radius 1 is 1.21 bits per heavy atom. The van der Waals surface area contributed by atoms with Gasteiger partial charge in [0.1, 0.15) is 6.04 Å². The van der Waals surface area contributed by atoms with Crippen LogP contribution in [-0.4, -0.2) is 48.6 Å². The Morgan fingerprint density at radius 2 is 1.91 bits per heavy atom. The topological polar surface area (TPSA) is 101 Å². The molecule has 1 saturated carbocycles. The zero-order valence-corrected chi connectivity index (χ0v) is 20.1. The van der Waals surface area contributed by atoms with Crippen molar-refractivity contribution in [1.29, 1.82) is 0 Å². The largest absolute Gasteiger partial charge is 0.368 e. The highest BCUT2D eigenvalue weighted by molar-refractivity contribution is 7.89. The molecule has 2 aromatic rings. The van der Waals surface area contributed by atoms with Crippen LogP contribution < -0.4 is 5.73 Å². The monoisotopic (exact) mass is 489 g/mol. The van der Waals surface area contributed by atoms with Crippen molar-refractivity contribution in [3.8, 4) is 0 Å². The Balaban J connectivity index is 1.70. The number of amides is 2. The number of hydrogen-bond donors (Lipinski definition) is 1. The summed E-state index contributed by atoms with van der Waals surface area (Å²) < 4.78 is 28.5. The number of primary amides is 1. The molecule has 0 saturated heterocycles. The normalized spacial score (nSPS) is 17.2. The predicted octanol–water partition coefficient (Wildman–Crippen LogP) is 3.20. The minimum absolute atomic E-state index is 0.00967. The maximum atomic E-state index is 13.6. The number of nitrogens with zero attached hydrogens (tertiary/aromatic N) is 2. The molecule has 0 spiro atoms. The number of rotatable bonds is 9. The number of sulfonamides is 1. The van der Waals surface area contributed by atoms with E-state index in [1.54, 1.807) is 17.0 Å². The van der Waals surface area contributed by atoms with Gasteiger partial charge in [0.2, 0.25) is 15.9 Å². The lowest BCUT2D eigenvalue weighted by molar-refractivity contribution is -0.122. The maximum Gasteiger partial charge on any atom is 0.254 e. The van der Waals surface area contributed by atoms with Crippen molar-refractivity contribution in [2.75, 3.05) is 13.1 Å². The Hall–Kier alpha value is -2.42. The van der Waals surface area contributed by atoms with Crippen molar-refractivity contribution in [3.05, 3.63) is 64.2 Å². The molecule has 2 N–H and O–H groups in total. The van der Waals surface area contributed by atoms with Gasteiger partial charge in [-0.05, 0) is 67.1 Å². The van der Waals surface area contributed by atoms with Crippen molar-refractivity contribution in [1.82, 2.24) is 9.21 Å². The molecule has 4 rings (SSSR count). The van der Waals surface area contributed by atoms with Gasteiger partial charge < -0.3 is 10.6 Å². The van der Waals surface area contributed by atoms with Crippen LogP contribution in [0.1, 0.15) is 47.7 Å². The van der Waals surface area contributed by atoms with E-state index in [0.29, 0.717) is 48.0 Å². The zero-order chi connectivity index (χ0) is 23.8. The van der Waals surface area contributed by atoms with Crippen LogP contribution in [-0.2, 0) is 27.8 Å². The molecule has 1 heterocycles. The average Bonchev–Trinajstić information content (AvgIpc) is 3.61. The van der Waals surface area contributed by atoms with Gasteiger partial charge in [0, 0.05) is 30.2 Å². The van der Waals surface area contributed by atoms with Gasteiger partial charge in [0.05, 0.1) is 4.90 Å². The zero-order valence-electron chi connectivity index (χ0n) is 18.5. The molecule has 176 valence electrons. The minimum atomic E-state index is -4.02. The van der Waals surface area contributed by atoms with Gasteiger partial charge in [-0.1, -0.05) is 36.6 Å². The van der Waals surface area contributed by atoms with Crippen LogP contribution in [0.5, 0.6) is 0 Å². The highest BCUT2D eigenvalue weighted by Gasteiger charge is 2.39. The Bertz CT molecular complexity index is 1160. The number of nitrogens with two attached hydrogens (primary N) is 1. The quantitative estimate of drug-likeness (QED) is 0.584. The van der Waals surface area contributed by atoms with Gasteiger partial charge in [-0.15, -0.1) is 0 Å². The maximum absolute atomic E-state index is 13.6. The molecule has 9 heteroatoms. The van der Waals surface area contributed by atoms with Crippen LogP contribution in [0.3, 0.4) is 0 Å². The molecule has 2 amide bonds. The number of hydrogen-bond acceptors (Lipinski definition) is 4. The van der Waals surface area contributed by atoms with E-state index in [1.807, 2.05) is 13.0 Å². The second-order valence-corrected chi connectivity index (χ2v) is 11.1. The first-order valence-electron chi connectivity index (χ1n) is 11.2. The van der Waals surface area contributed by atoms with Crippen molar-refractivity contribution in [2.45, 2.75) is 50.1 Å². The molecule has 1 aliphatic heterocycles. The fourth-order valence-corrected chi connectivity index (χ4v) is 6.04. The molecule has 7 nitrogen and oxygen atoms in total. The van der Waals surface area contributed by atoms with E-state index in [9.17, 15) is 18.0 Å². The lowest BCUT2D eigenvalue weighted by atomic mass is 9.96. The number of carbonyl (C=O) groups excluding carboxylic acids is 2. The summed E-state index contributed by atoms with van der Waals surface area (Å²) in [6.45, 7) is 3.21. The van der Waals surface area contributed by atoms with Crippen molar-refractivity contribution in [3.63, 3.8) is 0 Å². The fourth-order valence-electron chi connectivity index (χ4n) is 4.32. The van der Waals surface area contributed by atoms with E-state index in [2.05, 4.69) is 0 Å². The molecule has 2 aliphatic rings. The third kappa shape index (κ3) is 5.08. The van der Waals surface area contributed by atoms with E-state index < -0.39 is 22.0 Å². The van der Waals surface area contributed by atoms with E-state index in [-0.39, 0.29) is 17.3 Å². The number of likely N-dealkylation sites (N-methyl/N-ethyl adjacent to an activating group) is 1. The summed E-state index contributed by atoms with van der Waals surface area (Å²) >= 11 is 5.95. The van der Waals surface area contributed by atoms with Crippen molar-refractivity contribution in [2.24, 2.45) is 11.7 Å². The first-order valence-corrected chi connectivity index (χ1v) is 13.0. The summed E-state index contributed by atoms with van der Waals surface area (Å²) in [4.78, 5) is 26.9. The Kier molecular flexibility index (Phi) is 6.79. The fraction of sp³-hybridized carbons (Fsp3) is 0.417. The summed E-state index contributed by atoms with van der Waals surface area (Å²) in [6.07, 6.45) is 3.03. The SMILES string of the molecule is CCN1CCc2cc(CN([C@H](CC3CC3)C(N)=O)S(=O)(=O)c3ccc(Cl)cc3)ccc2C1=O. The molecule has 0 aromatic heterocycles. The molecule has 2 aromatic carbocycles. The van der Waals surface area contributed by atoms with Crippen LogP contribution in [0.2, 0.25) is 5.02 Å². The molecular weight excluding hydrogens is 462 g/mol. The first-order chi connectivity index (χ1) is 15.7. The second kappa shape index (κ2) is 9.44. The van der Waals surface area contributed by atoms with Crippen LogP contribution in [0.25, 0.3) is 0 Å². The third-order valence-corrected chi connectivity index (χ3v) is 8.53. The highest BCUT2D eigenvalue weighted by Crippen LogP contribution is 2.36. The summed E-state index contributed by atoms with van der Waals surface area (Å²) in [5, 5.41) is 0.422. The van der Waals surface area contributed by atoms with Gasteiger partial charge in [0.25, 0.3) is 5.91 Å². The molecule has 33 heavy (non-hydrogen) atoms. The summed E-state index contributed by atoms with van der Waals surface area (Å²) in [7, 11) is -4.02. The number of halogens is 1. The van der Waals surface area contributed by atoms with E-state index in [0.717, 1.165) is 18.4 Å². The number of fused-ring (bicyclic) bond motifs is 1. The lowest BCUT2D eigenvalue weighted by Gasteiger charge is -2.30. The minimum Gasteiger partial charge on any atom is -0.368 e. The molecule has 1 atom stereocenters. The molecular formula is C24H28ClN3O4S. The molecule has 0 radical (unpaired) electrons. The molecule has 0 bridgehead atoms. The molecule has 0 unspecified atom stereocenters. The van der Waals surface area contributed by atoms with Crippen LogP contribution >= 0.6 is 11.6 Å². The van der Waals surface area contributed by atoms with E-state index >= 15 is 0 Å². The van der Waals surface area contributed by atoms with Crippen molar-refractivity contribution < 1.29 is 18.0 Å². The first kappa shape index (κ1) is 23.7. The van der Waals surface area contributed by atoms with Gasteiger partial charge in [-0.3, -0.25) is 9.59 Å². The predicted molar refractivity (Wildman–Crippen MR) is 126 cm³/mol. The van der Waals surface area contributed by atoms with E-state index in [1.165, 1.54) is 28.6 Å². The summed E-state index contributed by atoms with van der Waals surface area (Å²) in [5.74, 6) is -0.377. The van der Waals surface area contributed by atoms with Crippen LogP contribution in [0.4, 0.5) is 0 Å². The van der Waals surface area contributed by atoms with Crippen molar-refractivity contribution >= 4 is 33.4 Å².